The Kier molecular flexibility index (Phi) is 5.91. The van der Waals surface area contributed by atoms with E-state index in [9.17, 15) is 4.79 Å². The van der Waals surface area contributed by atoms with Gasteiger partial charge in [0.1, 0.15) is 18.4 Å². The fraction of sp³-hybridized carbons (Fsp3) is 0.364. The molecule has 3 aliphatic rings. The first-order chi connectivity index (χ1) is 14.1. The van der Waals surface area contributed by atoms with Crippen LogP contribution in [-0.4, -0.2) is 37.5 Å². The third kappa shape index (κ3) is 3.53. The van der Waals surface area contributed by atoms with Crippen LogP contribution in [0.4, 0.5) is 5.69 Å². The lowest BCUT2D eigenvalue weighted by atomic mass is 9.84. The molecule has 0 saturated carbocycles. The summed E-state index contributed by atoms with van der Waals surface area (Å²) in [6.45, 7) is 4.21. The molecule has 2 aromatic rings. The number of hydrogen-bond acceptors (Lipinski definition) is 5. The number of nitrogens with one attached hydrogen (secondary N) is 2. The van der Waals surface area contributed by atoms with Gasteiger partial charge in [-0.1, -0.05) is 29.8 Å². The summed E-state index contributed by atoms with van der Waals surface area (Å²) in [5.41, 5.74) is 6.86. The highest BCUT2D eigenvalue weighted by molar-refractivity contribution is 6.33. The molecule has 2 aromatic carbocycles. The Labute approximate surface area is 187 Å². The SMILES string of the molecule is C[C@@H]1C(=O)NN=C2COc3cc(-c4ccccc4Cl)c(C4CCNCC4)cc3N21.Cl. The van der Waals surface area contributed by atoms with Crippen molar-refractivity contribution in [2.75, 3.05) is 24.6 Å². The van der Waals surface area contributed by atoms with Gasteiger partial charge in [-0.2, -0.15) is 5.10 Å². The zero-order chi connectivity index (χ0) is 20.0. The number of hydrogen-bond donors (Lipinski definition) is 2. The van der Waals surface area contributed by atoms with E-state index in [1.165, 1.54) is 5.56 Å². The Morgan fingerprint density at radius 3 is 2.70 bits per heavy atom. The molecule has 0 unspecified atom stereocenters. The third-order valence-electron chi connectivity index (χ3n) is 6.03. The van der Waals surface area contributed by atoms with Crippen molar-refractivity contribution in [3.05, 3.63) is 47.0 Å². The van der Waals surface area contributed by atoms with E-state index >= 15 is 0 Å². The van der Waals surface area contributed by atoms with Gasteiger partial charge in [0.25, 0.3) is 5.91 Å². The van der Waals surface area contributed by atoms with Crippen LogP contribution in [0.2, 0.25) is 5.02 Å². The van der Waals surface area contributed by atoms with Gasteiger partial charge < -0.3 is 15.0 Å². The third-order valence-corrected chi connectivity index (χ3v) is 6.36. The minimum absolute atomic E-state index is 0. The van der Waals surface area contributed by atoms with E-state index in [4.69, 9.17) is 16.3 Å². The second-order valence-electron chi connectivity index (χ2n) is 7.75. The highest BCUT2D eigenvalue weighted by Crippen LogP contribution is 2.45. The quantitative estimate of drug-likeness (QED) is 0.733. The normalized spacial score (nSPS) is 20.9. The van der Waals surface area contributed by atoms with Gasteiger partial charge in [0.05, 0.1) is 5.69 Å². The molecule has 1 fully saturated rings. The molecule has 0 bridgehead atoms. The Hall–Kier alpha value is -2.28. The number of carbonyl (C=O) groups excluding carboxylic acids is 1. The Balaban J connectivity index is 0.00000218. The molecule has 158 valence electrons. The molecule has 0 aromatic heterocycles. The van der Waals surface area contributed by atoms with Gasteiger partial charge in [0, 0.05) is 10.6 Å². The number of hydrazone groups is 1. The van der Waals surface area contributed by atoms with Crippen molar-refractivity contribution in [1.29, 1.82) is 0 Å². The lowest BCUT2D eigenvalue weighted by Gasteiger charge is -2.39. The van der Waals surface area contributed by atoms with Crippen molar-refractivity contribution in [3.8, 4) is 16.9 Å². The van der Waals surface area contributed by atoms with E-state index in [1.54, 1.807) is 0 Å². The van der Waals surface area contributed by atoms with Crippen LogP contribution in [0.25, 0.3) is 11.1 Å². The molecule has 0 radical (unpaired) electrons. The number of carbonyl (C=O) groups is 1. The van der Waals surface area contributed by atoms with Crippen LogP contribution < -0.4 is 20.4 Å². The van der Waals surface area contributed by atoms with Crippen LogP contribution in [-0.2, 0) is 4.79 Å². The molecule has 1 amide bonds. The summed E-state index contributed by atoms with van der Waals surface area (Å²) in [6.07, 6.45) is 2.13. The Morgan fingerprint density at radius 2 is 1.93 bits per heavy atom. The van der Waals surface area contributed by atoms with E-state index in [0.717, 1.165) is 59.4 Å². The number of ether oxygens (including phenoxy) is 1. The van der Waals surface area contributed by atoms with Gasteiger partial charge >= 0.3 is 0 Å². The molecule has 3 heterocycles. The van der Waals surface area contributed by atoms with Crippen molar-refractivity contribution in [1.82, 2.24) is 10.7 Å². The molecule has 1 saturated heterocycles. The maximum Gasteiger partial charge on any atom is 0.262 e. The number of nitrogens with zero attached hydrogens (tertiary/aromatic N) is 2. The fourth-order valence-corrected chi connectivity index (χ4v) is 4.71. The Morgan fingerprint density at radius 1 is 1.17 bits per heavy atom. The average Bonchev–Trinajstić information content (AvgIpc) is 2.76. The monoisotopic (exact) mass is 446 g/mol. The summed E-state index contributed by atoms with van der Waals surface area (Å²) < 4.78 is 6.04. The van der Waals surface area contributed by atoms with Crippen LogP contribution in [0.15, 0.2) is 41.5 Å². The van der Waals surface area contributed by atoms with Crippen molar-refractivity contribution < 1.29 is 9.53 Å². The number of halogens is 2. The number of amidine groups is 1. The molecule has 30 heavy (non-hydrogen) atoms. The number of anilines is 1. The number of fused-ring (bicyclic) bond motifs is 3. The topological polar surface area (TPSA) is 66.0 Å². The fourth-order valence-electron chi connectivity index (χ4n) is 4.47. The second-order valence-corrected chi connectivity index (χ2v) is 8.16. The van der Waals surface area contributed by atoms with Crippen LogP contribution in [0.1, 0.15) is 31.2 Å². The van der Waals surface area contributed by atoms with Crippen LogP contribution in [0, 0.1) is 0 Å². The zero-order valence-corrected chi connectivity index (χ0v) is 18.2. The largest absolute Gasteiger partial charge is 0.483 e. The van der Waals surface area contributed by atoms with Gasteiger partial charge in [0.15, 0.2) is 5.84 Å². The number of amides is 1. The molecule has 0 aliphatic carbocycles. The van der Waals surface area contributed by atoms with Crippen LogP contribution >= 0.6 is 24.0 Å². The summed E-state index contributed by atoms with van der Waals surface area (Å²) in [4.78, 5) is 14.3. The van der Waals surface area contributed by atoms with Gasteiger partial charge in [0.2, 0.25) is 0 Å². The van der Waals surface area contributed by atoms with Crippen molar-refractivity contribution in [3.63, 3.8) is 0 Å². The first-order valence-electron chi connectivity index (χ1n) is 10.1. The van der Waals surface area contributed by atoms with Gasteiger partial charge in [-0.05, 0) is 68.1 Å². The lowest BCUT2D eigenvalue weighted by Crippen LogP contribution is -2.55. The molecule has 1 atom stereocenters. The number of benzene rings is 2. The van der Waals surface area contributed by atoms with E-state index in [0.29, 0.717) is 12.5 Å². The molecule has 0 spiro atoms. The maximum absolute atomic E-state index is 12.3. The van der Waals surface area contributed by atoms with Gasteiger partial charge in [-0.25, -0.2) is 5.43 Å². The highest BCUT2D eigenvalue weighted by Gasteiger charge is 2.36. The molecule has 6 nitrogen and oxygen atoms in total. The van der Waals surface area contributed by atoms with E-state index in [1.807, 2.05) is 30.0 Å². The summed E-state index contributed by atoms with van der Waals surface area (Å²) in [5.74, 6) is 1.80. The molecule has 2 N–H and O–H groups in total. The predicted octanol–water partition coefficient (Wildman–Crippen LogP) is 3.93. The van der Waals surface area contributed by atoms with Crippen LogP contribution in [0.5, 0.6) is 5.75 Å². The van der Waals surface area contributed by atoms with E-state index in [-0.39, 0.29) is 24.4 Å². The number of piperidine rings is 1. The molecule has 8 heteroatoms. The lowest BCUT2D eigenvalue weighted by molar-refractivity contribution is -0.122. The Bertz CT molecular complexity index is 1000. The smallest absolute Gasteiger partial charge is 0.262 e. The summed E-state index contributed by atoms with van der Waals surface area (Å²) in [5, 5.41) is 8.38. The molecule has 5 rings (SSSR count). The number of rotatable bonds is 2. The molecular formula is C22H24Cl2N4O2. The zero-order valence-electron chi connectivity index (χ0n) is 16.7. The predicted molar refractivity (Wildman–Crippen MR) is 122 cm³/mol. The minimum Gasteiger partial charge on any atom is -0.483 e. The average molecular weight is 447 g/mol. The van der Waals surface area contributed by atoms with Crippen LogP contribution in [0.3, 0.4) is 0 Å². The van der Waals surface area contributed by atoms with Crippen molar-refractivity contribution in [2.24, 2.45) is 5.10 Å². The first-order valence-corrected chi connectivity index (χ1v) is 10.4. The summed E-state index contributed by atoms with van der Waals surface area (Å²) in [7, 11) is 0. The summed E-state index contributed by atoms with van der Waals surface area (Å²) in [6, 6.07) is 11.9. The van der Waals surface area contributed by atoms with E-state index < -0.39 is 0 Å². The molecule has 3 aliphatic heterocycles. The highest BCUT2D eigenvalue weighted by atomic mass is 35.5. The second kappa shape index (κ2) is 8.46. The standard InChI is InChI=1S/C22H23ClN4O2.ClH/c1-13-22(28)26-25-21-12-29-20-11-17(15-4-2-3-5-18(15)23)16(10-19(20)27(13)21)14-6-8-24-9-7-14;/h2-5,10-11,13-14,24H,6-9,12H2,1H3,(H,26,28);1H/t13-;/m1./s1. The van der Waals surface area contributed by atoms with Gasteiger partial charge in [-0.15, -0.1) is 12.4 Å². The van der Waals surface area contributed by atoms with Gasteiger partial charge in [-0.3, -0.25) is 4.79 Å². The first kappa shape index (κ1) is 21.0. The molecular weight excluding hydrogens is 423 g/mol. The maximum atomic E-state index is 12.3. The summed E-state index contributed by atoms with van der Waals surface area (Å²) >= 11 is 6.57. The van der Waals surface area contributed by atoms with Crippen molar-refractivity contribution in [2.45, 2.75) is 31.7 Å². The van der Waals surface area contributed by atoms with Crippen molar-refractivity contribution >= 4 is 41.4 Å². The van der Waals surface area contributed by atoms with E-state index in [2.05, 4.69) is 34.0 Å². The minimum atomic E-state index is -0.336.